The van der Waals surface area contributed by atoms with E-state index in [2.05, 4.69) is 15.5 Å². The summed E-state index contributed by atoms with van der Waals surface area (Å²) in [6, 6.07) is 18.5. The predicted molar refractivity (Wildman–Crippen MR) is 104 cm³/mol. The maximum atomic E-state index is 12.4. The van der Waals surface area contributed by atoms with Gasteiger partial charge in [0, 0.05) is 24.9 Å². The minimum atomic E-state index is 0.169. The van der Waals surface area contributed by atoms with Crippen molar-refractivity contribution in [1.82, 2.24) is 14.5 Å². The molecule has 1 aliphatic heterocycles. The Hall–Kier alpha value is -2.82. The number of hydrogen-bond donors (Lipinski definition) is 0. The van der Waals surface area contributed by atoms with Crippen LogP contribution in [0.5, 0.6) is 5.75 Å². The van der Waals surface area contributed by atoms with E-state index in [9.17, 15) is 4.79 Å². The normalized spacial score (nSPS) is 19.8. The van der Waals surface area contributed by atoms with E-state index in [1.54, 1.807) is 0 Å². The second-order valence-electron chi connectivity index (χ2n) is 7.45. The van der Waals surface area contributed by atoms with E-state index in [4.69, 9.17) is 9.72 Å². The van der Waals surface area contributed by atoms with Crippen LogP contribution in [0.4, 0.5) is 0 Å². The fourth-order valence-electron chi connectivity index (χ4n) is 4.06. The van der Waals surface area contributed by atoms with E-state index >= 15 is 0 Å². The number of rotatable bonds is 6. The summed E-state index contributed by atoms with van der Waals surface area (Å²) in [4.78, 5) is 19.4. The third-order valence-electron chi connectivity index (χ3n) is 5.52. The Labute approximate surface area is 158 Å². The largest absolute Gasteiger partial charge is 0.492 e. The lowest BCUT2D eigenvalue weighted by atomic mass is 10.1. The highest BCUT2D eigenvalue weighted by Crippen LogP contribution is 2.37. The predicted octanol–water partition coefficient (Wildman–Crippen LogP) is 3.59. The third-order valence-corrected chi connectivity index (χ3v) is 5.52. The lowest BCUT2D eigenvalue weighted by Gasteiger charge is -2.16. The molecule has 5 nitrogen and oxygen atoms in total. The Morgan fingerprint density at radius 3 is 2.63 bits per heavy atom. The van der Waals surface area contributed by atoms with E-state index in [0.717, 1.165) is 48.5 Å². The molecule has 0 N–H and O–H groups in total. The van der Waals surface area contributed by atoms with Crippen molar-refractivity contribution in [2.24, 2.45) is 0 Å². The number of benzene rings is 2. The van der Waals surface area contributed by atoms with Gasteiger partial charge in [-0.1, -0.05) is 30.3 Å². The first-order chi connectivity index (χ1) is 13.3. The average Bonchev–Trinajstić information content (AvgIpc) is 3.37. The van der Waals surface area contributed by atoms with Crippen LogP contribution in [0.2, 0.25) is 0 Å². The number of aromatic nitrogens is 2. The number of fused-ring (bicyclic) bond motifs is 1. The first-order valence-corrected chi connectivity index (χ1v) is 9.72. The molecule has 1 atom stereocenters. The van der Waals surface area contributed by atoms with Crippen LogP contribution in [0.25, 0.3) is 11.0 Å². The first-order valence-electron chi connectivity index (χ1n) is 9.72. The van der Waals surface area contributed by atoms with Gasteiger partial charge in [-0.2, -0.15) is 0 Å². The number of carbonyl (C=O) groups excluding carboxylic acids is 1. The summed E-state index contributed by atoms with van der Waals surface area (Å²) in [5.41, 5.74) is 2.10. The molecule has 3 aromatic rings. The number of para-hydroxylation sites is 3. The molecule has 0 spiro atoms. The monoisotopic (exact) mass is 361 g/mol. The molecule has 1 aliphatic carbocycles. The average molecular weight is 361 g/mol. The van der Waals surface area contributed by atoms with Crippen LogP contribution in [0.15, 0.2) is 54.6 Å². The van der Waals surface area contributed by atoms with Gasteiger partial charge in [0.2, 0.25) is 5.91 Å². The zero-order chi connectivity index (χ0) is 18.2. The highest BCUT2D eigenvalue weighted by Gasteiger charge is 2.41. The molecule has 1 aromatic heterocycles. The summed E-state index contributed by atoms with van der Waals surface area (Å²) in [5.74, 6) is 2.34. The smallest absolute Gasteiger partial charge is 0.223 e. The second kappa shape index (κ2) is 6.72. The molecule has 2 aliphatic rings. The molecular formula is C22H23N3O2. The van der Waals surface area contributed by atoms with E-state index in [-0.39, 0.29) is 11.8 Å². The molecule has 1 amide bonds. The zero-order valence-corrected chi connectivity index (χ0v) is 15.3. The summed E-state index contributed by atoms with van der Waals surface area (Å²) in [6.45, 7) is 2.09. The van der Waals surface area contributed by atoms with Gasteiger partial charge in [-0.15, -0.1) is 0 Å². The van der Waals surface area contributed by atoms with Crippen LogP contribution in [0, 0.1) is 0 Å². The highest BCUT2D eigenvalue weighted by molar-refractivity contribution is 5.81. The van der Waals surface area contributed by atoms with Gasteiger partial charge >= 0.3 is 0 Å². The van der Waals surface area contributed by atoms with Crippen LogP contribution in [-0.2, 0) is 11.3 Å². The fourth-order valence-corrected chi connectivity index (χ4v) is 4.06. The van der Waals surface area contributed by atoms with Crippen molar-refractivity contribution in [2.75, 3.05) is 13.2 Å². The van der Waals surface area contributed by atoms with Gasteiger partial charge in [0.15, 0.2) is 0 Å². The van der Waals surface area contributed by atoms with E-state index in [1.807, 2.05) is 48.5 Å². The molecule has 1 saturated carbocycles. The Bertz CT molecular complexity index is 962. The quantitative estimate of drug-likeness (QED) is 0.674. The molecule has 2 fully saturated rings. The SMILES string of the molecule is O=C1CC(c2nc3ccccc3n2CCOc2ccccc2)CN1C1CC1. The number of hydrogen-bond acceptors (Lipinski definition) is 3. The van der Waals surface area contributed by atoms with Crippen molar-refractivity contribution < 1.29 is 9.53 Å². The molecule has 138 valence electrons. The molecular weight excluding hydrogens is 338 g/mol. The van der Waals surface area contributed by atoms with Gasteiger partial charge in [-0.25, -0.2) is 4.98 Å². The van der Waals surface area contributed by atoms with E-state index in [0.29, 0.717) is 19.1 Å². The molecule has 0 radical (unpaired) electrons. The molecule has 0 bridgehead atoms. The number of nitrogens with zero attached hydrogens (tertiary/aromatic N) is 3. The van der Waals surface area contributed by atoms with Gasteiger partial charge in [0.05, 0.1) is 17.6 Å². The minimum Gasteiger partial charge on any atom is -0.492 e. The Morgan fingerprint density at radius 1 is 1.04 bits per heavy atom. The van der Waals surface area contributed by atoms with Crippen LogP contribution < -0.4 is 4.74 Å². The highest BCUT2D eigenvalue weighted by atomic mass is 16.5. The summed E-state index contributed by atoms with van der Waals surface area (Å²) in [7, 11) is 0. The fraction of sp³-hybridized carbons (Fsp3) is 0.364. The lowest BCUT2D eigenvalue weighted by Crippen LogP contribution is -2.27. The maximum Gasteiger partial charge on any atom is 0.223 e. The topological polar surface area (TPSA) is 47.4 Å². The Kier molecular flexibility index (Phi) is 4.07. The summed E-state index contributed by atoms with van der Waals surface area (Å²) in [6.07, 6.45) is 2.87. The van der Waals surface area contributed by atoms with Crippen molar-refractivity contribution in [1.29, 1.82) is 0 Å². The Morgan fingerprint density at radius 2 is 1.81 bits per heavy atom. The number of ether oxygens (including phenoxy) is 1. The van der Waals surface area contributed by atoms with Crippen molar-refractivity contribution in [3.63, 3.8) is 0 Å². The molecule has 5 heteroatoms. The van der Waals surface area contributed by atoms with E-state index in [1.165, 1.54) is 0 Å². The number of imidazole rings is 1. The summed E-state index contributed by atoms with van der Waals surface area (Å²) < 4.78 is 8.15. The van der Waals surface area contributed by atoms with Crippen molar-refractivity contribution in [2.45, 2.75) is 37.8 Å². The lowest BCUT2D eigenvalue weighted by molar-refractivity contribution is -0.128. The first kappa shape index (κ1) is 16.4. The standard InChI is InChI=1S/C22H23N3O2/c26-21-14-16(15-25(21)17-10-11-17)22-23-19-8-4-5-9-20(19)24(22)12-13-27-18-6-2-1-3-7-18/h1-9,16-17H,10-15H2. The van der Waals surface area contributed by atoms with Crippen molar-refractivity contribution >= 4 is 16.9 Å². The summed E-state index contributed by atoms with van der Waals surface area (Å²) in [5, 5.41) is 0. The van der Waals surface area contributed by atoms with Crippen molar-refractivity contribution in [3.05, 3.63) is 60.4 Å². The molecule has 1 saturated heterocycles. The number of carbonyl (C=O) groups is 1. The zero-order valence-electron chi connectivity index (χ0n) is 15.3. The van der Waals surface area contributed by atoms with Crippen LogP contribution >= 0.6 is 0 Å². The van der Waals surface area contributed by atoms with Gasteiger partial charge < -0.3 is 14.2 Å². The number of amides is 1. The van der Waals surface area contributed by atoms with Crippen LogP contribution in [-0.4, -0.2) is 39.6 Å². The molecule has 2 aromatic carbocycles. The minimum absolute atomic E-state index is 0.169. The number of likely N-dealkylation sites (tertiary alicyclic amines) is 1. The van der Waals surface area contributed by atoms with Gasteiger partial charge in [0.25, 0.3) is 0 Å². The van der Waals surface area contributed by atoms with E-state index < -0.39 is 0 Å². The van der Waals surface area contributed by atoms with Gasteiger partial charge in [-0.3, -0.25) is 4.79 Å². The maximum absolute atomic E-state index is 12.4. The van der Waals surface area contributed by atoms with Crippen LogP contribution in [0.3, 0.4) is 0 Å². The second-order valence-corrected chi connectivity index (χ2v) is 7.45. The molecule has 27 heavy (non-hydrogen) atoms. The molecule has 2 heterocycles. The van der Waals surface area contributed by atoms with Gasteiger partial charge in [-0.05, 0) is 37.1 Å². The Balaban J connectivity index is 1.40. The molecule has 5 rings (SSSR count). The van der Waals surface area contributed by atoms with Gasteiger partial charge in [0.1, 0.15) is 18.2 Å². The molecule has 1 unspecified atom stereocenters. The third kappa shape index (κ3) is 3.18. The van der Waals surface area contributed by atoms with Crippen molar-refractivity contribution in [3.8, 4) is 5.75 Å². The summed E-state index contributed by atoms with van der Waals surface area (Å²) >= 11 is 0. The van der Waals surface area contributed by atoms with Crippen LogP contribution in [0.1, 0.15) is 31.0 Å².